The number of amides is 1. The lowest BCUT2D eigenvalue weighted by molar-refractivity contribution is 0.208. The van der Waals surface area contributed by atoms with Gasteiger partial charge in [-0.25, -0.2) is 13.6 Å². The number of carbonyl (C=O) groups is 1. The van der Waals surface area contributed by atoms with Crippen LogP contribution in [0.25, 0.3) is 0 Å². The van der Waals surface area contributed by atoms with Crippen LogP contribution in [0.1, 0.15) is 0 Å². The Balaban J connectivity index is 2.97. The third kappa shape index (κ3) is 1.91. The number of hydrogen-bond donors (Lipinski definition) is 1. The van der Waals surface area contributed by atoms with Gasteiger partial charge in [0, 0.05) is 6.07 Å². The topological polar surface area (TPSA) is 52.3 Å². The van der Waals surface area contributed by atoms with Crippen molar-refractivity contribution in [2.45, 2.75) is 0 Å². The Kier molecular flexibility index (Phi) is 2.23. The van der Waals surface area contributed by atoms with Gasteiger partial charge in [-0.1, -0.05) is 0 Å². The molecule has 0 spiro atoms. The van der Waals surface area contributed by atoms with Crippen LogP contribution in [0.4, 0.5) is 13.6 Å². The Morgan fingerprint density at radius 1 is 1.42 bits per heavy atom. The van der Waals surface area contributed by atoms with Gasteiger partial charge in [0.1, 0.15) is 5.82 Å². The van der Waals surface area contributed by atoms with E-state index >= 15 is 0 Å². The molecule has 0 aromatic heterocycles. The molecule has 0 atom stereocenters. The molecule has 0 fully saturated rings. The predicted molar refractivity (Wildman–Crippen MR) is 36.6 cm³/mol. The second kappa shape index (κ2) is 3.17. The summed E-state index contributed by atoms with van der Waals surface area (Å²) < 4.78 is 29.2. The summed E-state index contributed by atoms with van der Waals surface area (Å²) in [5.41, 5.74) is 4.59. The summed E-state index contributed by atoms with van der Waals surface area (Å²) in [5, 5.41) is 0. The van der Waals surface area contributed by atoms with E-state index in [1.54, 1.807) is 0 Å². The van der Waals surface area contributed by atoms with E-state index < -0.39 is 23.5 Å². The zero-order valence-corrected chi connectivity index (χ0v) is 5.88. The smallest absolute Gasteiger partial charge is 0.407 e. The maximum absolute atomic E-state index is 12.6. The molecule has 0 aliphatic rings. The minimum Gasteiger partial charge on any atom is -0.407 e. The highest BCUT2D eigenvalue weighted by Crippen LogP contribution is 2.17. The first-order valence-corrected chi connectivity index (χ1v) is 3.02. The minimum absolute atomic E-state index is 0.512. The molecular weight excluding hydrogens is 168 g/mol. The average molecular weight is 173 g/mol. The number of benzene rings is 1. The van der Waals surface area contributed by atoms with E-state index in [1.165, 1.54) is 0 Å². The largest absolute Gasteiger partial charge is 0.410 e. The van der Waals surface area contributed by atoms with Crippen molar-refractivity contribution < 1.29 is 18.3 Å². The highest BCUT2D eigenvalue weighted by molar-refractivity contribution is 5.68. The molecule has 1 aromatic carbocycles. The summed E-state index contributed by atoms with van der Waals surface area (Å²) >= 11 is 0. The SMILES string of the molecule is NC(=O)Oc1cc(F)ccc1F. The van der Waals surface area contributed by atoms with Gasteiger partial charge in [0.2, 0.25) is 0 Å². The number of nitrogens with two attached hydrogens (primary N) is 1. The lowest BCUT2D eigenvalue weighted by Gasteiger charge is -2.00. The summed E-state index contributed by atoms with van der Waals surface area (Å²) in [7, 11) is 0. The van der Waals surface area contributed by atoms with Gasteiger partial charge in [-0.05, 0) is 12.1 Å². The fraction of sp³-hybridized carbons (Fsp3) is 0. The van der Waals surface area contributed by atoms with Crippen LogP contribution in [-0.2, 0) is 0 Å². The molecule has 1 rings (SSSR count). The van der Waals surface area contributed by atoms with Gasteiger partial charge in [-0.2, -0.15) is 0 Å². The first-order chi connectivity index (χ1) is 5.59. The summed E-state index contributed by atoms with van der Waals surface area (Å²) in [6.07, 6.45) is -1.18. The molecule has 12 heavy (non-hydrogen) atoms. The highest BCUT2D eigenvalue weighted by atomic mass is 19.1. The maximum atomic E-state index is 12.6. The molecule has 3 nitrogen and oxygen atoms in total. The highest BCUT2D eigenvalue weighted by Gasteiger charge is 2.06. The Hall–Kier alpha value is -1.65. The maximum Gasteiger partial charge on any atom is 0.410 e. The van der Waals surface area contributed by atoms with E-state index in [4.69, 9.17) is 0 Å². The number of halogens is 2. The lowest BCUT2D eigenvalue weighted by Crippen LogP contribution is -2.17. The van der Waals surface area contributed by atoms with Crippen molar-refractivity contribution >= 4 is 6.09 Å². The van der Waals surface area contributed by atoms with Crippen LogP contribution >= 0.6 is 0 Å². The van der Waals surface area contributed by atoms with E-state index in [2.05, 4.69) is 10.5 Å². The van der Waals surface area contributed by atoms with Gasteiger partial charge < -0.3 is 10.5 Å². The Labute approximate surface area is 66.7 Å². The van der Waals surface area contributed by atoms with E-state index in [-0.39, 0.29) is 0 Å². The third-order valence-corrected chi connectivity index (χ3v) is 1.10. The molecule has 1 amide bonds. The second-order valence-electron chi connectivity index (χ2n) is 2.00. The van der Waals surface area contributed by atoms with Gasteiger partial charge in [0.15, 0.2) is 11.6 Å². The summed E-state index contributed by atoms with van der Waals surface area (Å²) in [5.74, 6) is -2.05. The Morgan fingerprint density at radius 3 is 2.67 bits per heavy atom. The first-order valence-electron chi connectivity index (χ1n) is 3.02. The van der Waals surface area contributed by atoms with E-state index in [1.807, 2.05) is 0 Å². The van der Waals surface area contributed by atoms with Crippen LogP contribution in [0, 0.1) is 11.6 Å². The molecule has 0 unspecified atom stereocenters. The van der Waals surface area contributed by atoms with E-state index in [0.29, 0.717) is 0 Å². The van der Waals surface area contributed by atoms with Crippen molar-refractivity contribution in [1.29, 1.82) is 0 Å². The minimum atomic E-state index is -1.18. The van der Waals surface area contributed by atoms with Crippen molar-refractivity contribution in [3.8, 4) is 5.75 Å². The molecular formula is C7H5F2NO2. The molecule has 0 heterocycles. The van der Waals surface area contributed by atoms with Crippen LogP contribution < -0.4 is 10.5 Å². The zero-order chi connectivity index (χ0) is 9.14. The number of rotatable bonds is 1. The molecule has 64 valence electrons. The van der Waals surface area contributed by atoms with Crippen LogP contribution in [0.2, 0.25) is 0 Å². The summed E-state index contributed by atoms with van der Waals surface area (Å²) in [6.45, 7) is 0. The first kappa shape index (κ1) is 8.45. The van der Waals surface area contributed by atoms with Crippen LogP contribution in [0.15, 0.2) is 18.2 Å². The summed E-state index contributed by atoms with van der Waals surface area (Å²) in [4.78, 5) is 10.1. The van der Waals surface area contributed by atoms with Gasteiger partial charge in [0.25, 0.3) is 0 Å². The van der Waals surface area contributed by atoms with Crippen molar-refractivity contribution in [2.24, 2.45) is 5.73 Å². The quantitative estimate of drug-likeness (QED) is 0.698. The number of carbonyl (C=O) groups excluding carboxylic acids is 1. The fourth-order valence-corrected chi connectivity index (χ4v) is 0.664. The molecule has 5 heteroatoms. The van der Waals surface area contributed by atoms with Crippen molar-refractivity contribution in [2.75, 3.05) is 0 Å². The van der Waals surface area contributed by atoms with Gasteiger partial charge in [-0.3, -0.25) is 0 Å². The van der Waals surface area contributed by atoms with Crippen LogP contribution in [0.3, 0.4) is 0 Å². The van der Waals surface area contributed by atoms with Crippen LogP contribution in [0.5, 0.6) is 5.75 Å². The van der Waals surface area contributed by atoms with E-state index in [0.717, 1.165) is 18.2 Å². The lowest BCUT2D eigenvalue weighted by atomic mass is 10.3. The molecule has 1 aromatic rings. The van der Waals surface area contributed by atoms with Gasteiger partial charge in [0.05, 0.1) is 0 Å². The number of ether oxygens (including phenoxy) is 1. The monoisotopic (exact) mass is 173 g/mol. The Bertz CT molecular complexity index is 314. The second-order valence-corrected chi connectivity index (χ2v) is 2.00. The van der Waals surface area contributed by atoms with Gasteiger partial charge >= 0.3 is 6.09 Å². The number of hydrogen-bond acceptors (Lipinski definition) is 2. The van der Waals surface area contributed by atoms with Crippen molar-refractivity contribution in [3.63, 3.8) is 0 Å². The fourth-order valence-electron chi connectivity index (χ4n) is 0.664. The molecule has 0 radical (unpaired) electrons. The standard InChI is InChI=1S/C7H5F2NO2/c8-4-1-2-5(9)6(3-4)12-7(10)11/h1-3H,(H2,10,11). The van der Waals surface area contributed by atoms with Crippen molar-refractivity contribution in [1.82, 2.24) is 0 Å². The van der Waals surface area contributed by atoms with Crippen LogP contribution in [-0.4, -0.2) is 6.09 Å². The molecule has 0 saturated heterocycles. The third-order valence-electron chi connectivity index (χ3n) is 1.10. The molecule has 0 saturated carbocycles. The van der Waals surface area contributed by atoms with Gasteiger partial charge in [-0.15, -0.1) is 0 Å². The molecule has 0 aliphatic heterocycles. The average Bonchev–Trinajstić information content (AvgIpc) is 1.96. The molecule has 0 aliphatic carbocycles. The predicted octanol–water partition coefficient (Wildman–Crippen LogP) is 1.42. The van der Waals surface area contributed by atoms with Crippen molar-refractivity contribution in [3.05, 3.63) is 29.8 Å². The Morgan fingerprint density at radius 2 is 2.08 bits per heavy atom. The van der Waals surface area contributed by atoms with E-state index in [9.17, 15) is 13.6 Å². The zero-order valence-electron chi connectivity index (χ0n) is 5.88. The summed E-state index contributed by atoms with van der Waals surface area (Å²) in [6, 6.07) is 2.48. The number of primary amides is 1. The normalized spacial score (nSPS) is 9.50. The molecule has 2 N–H and O–H groups in total. The molecule has 0 bridgehead atoms.